The minimum Gasteiger partial charge on any atom is -0.312 e. The summed E-state index contributed by atoms with van der Waals surface area (Å²) in [5.74, 6) is 1.97. The molecule has 0 radical (unpaired) electrons. The van der Waals surface area contributed by atoms with Crippen LogP contribution < -0.4 is 16.2 Å². The fourth-order valence-electron chi connectivity index (χ4n) is 3.44. The Morgan fingerprint density at radius 1 is 1.19 bits per heavy atom. The first kappa shape index (κ1) is 17.8. The summed E-state index contributed by atoms with van der Waals surface area (Å²) in [5.41, 5.74) is 8.72. The molecule has 3 aromatic rings. The highest BCUT2D eigenvalue weighted by molar-refractivity contribution is 5.27. The Bertz CT molecular complexity index is 874. The van der Waals surface area contributed by atoms with Gasteiger partial charge in [-0.1, -0.05) is 18.2 Å². The molecule has 7 heteroatoms. The predicted molar refractivity (Wildman–Crippen MR) is 102 cm³/mol. The lowest BCUT2D eigenvalue weighted by atomic mass is 9.95. The number of halogens is 1. The van der Waals surface area contributed by atoms with Crippen LogP contribution >= 0.6 is 0 Å². The summed E-state index contributed by atoms with van der Waals surface area (Å²) in [6.45, 7) is 4.43. The highest BCUT2D eigenvalue weighted by Gasteiger charge is 2.27. The van der Waals surface area contributed by atoms with Crippen molar-refractivity contribution in [3.8, 4) is 5.82 Å². The maximum Gasteiger partial charge on any atom is 0.137 e. The first-order chi connectivity index (χ1) is 13.2. The molecule has 140 valence electrons. The molecule has 0 spiro atoms. The van der Waals surface area contributed by atoms with E-state index < -0.39 is 0 Å². The van der Waals surface area contributed by atoms with Gasteiger partial charge in [-0.15, -0.1) is 0 Å². The van der Waals surface area contributed by atoms with E-state index in [2.05, 4.69) is 32.2 Å². The first-order valence-electron chi connectivity index (χ1n) is 9.10. The van der Waals surface area contributed by atoms with Crippen LogP contribution in [0.1, 0.15) is 23.0 Å². The van der Waals surface area contributed by atoms with E-state index in [0.717, 1.165) is 42.4 Å². The second-order valence-electron chi connectivity index (χ2n) is 6.81. The summed E-state index contributed by atoms with van der Waals surface area (Å²) < 4.78 is 15.1. The largest absolute Gasteiger partial charge is 0.312 e. The van der Waals surface area contributed by atoms with E-state index in [1.807, 2.05) is 42.1 Å². The van der Waals surface area contributed by atoms with Crippen molar-refractivity contribution in [2.45, 2.75) is 19.5 Å². The molecule has 0 amide bonds. The van der Waals surface area contributed by atoms with Crippen molar-refractivity contribution in [2.75, 3.05) is 13.1 Å². The molecule has 1 aromatic carbocycles. The van der Waals surface area contributed by atoms with E-state index in [0.29, 0.717) is 5.92 Å². The van der Waals surface area contributed by atoms with Gasteiger partial charge >= 0.3 is 0 Å². The number of benzene rings is 1. The Balaban J connectivity index is 1.32. The van der Waals surface area contributed by atoms with Gasteiger partial charge in [-0.2, -0.15) is 0 Å². The van der Waals surface area contributed by atoms with Crippen molar-refractivity contribution in [3.63, 3.8) is 0 Å². The number of nitrogens with zero attached hydrogens (tertiary/aromatic N) is 3. The molecular weight excluding hydrogens is 343 g/mol. The second-order valence-corrected chi connectivity index (χ2v) is 6.81. The molecule has 27 heavy (non-hydrogen) atoms. The molecule has 2 aromatic heterocycles. The van der Waals surface area contributed by atoms with Crippen LogP contribution in [-0.2, 0) is 6.54 Å². The van der Waals surface area contributed by atoms with Gasteiger partial charge in [0.2, 0.25) is 0 Å². The summed E-state index contributed by atoms with van der Waals surface area (Å²) in [7, 11) is 0. The van der Waals surface area contributed by atoms with Crippen LogP contribution in [0.5, 0.6) is 0 Å². The molecule has 1 saturated heterocycles. The molecular formula is C20H23FN6. The van der Waals surface area contributed by atoms with Crippen LogP contribution in [0.2, 0.25) is 0 Å². The van der Waals surface area contributed by atoms with Gasteiger partial charge in [0, 0.05) is 44.1 Å². The zero-order valence-corrected chi connectivity index (χ0v) is 15.2. The molecule has 3 N–H and O–H groups in total. The Hall–Kier alpha value is -2.61. The van der Waals surface area contributed by atoms with E-state index in [1.165, 1.54) is 12.1 Å². The topological polar surface area (TPSA) is 66.8 Å². The zero-order valence-electron chi connectivity index (χ0n) is 15.2. The van der Waals surface area contributed by atoms with Crippen molar-refractivity contribution in [1.29, 1.82) is 0 Å². The van der Waals surface area contributed by atoms with Gasteiger partial charge in [0.05, 0.1) is 6.04 Å². The predicted octanol–water partition coefficient (Wildman–Crippen LogP) is 2.27. The van der Waals surface area contributed by atoms with E-state index in [-0.39, 0.29) is 11.9 Å². The second kappa shape index (κ2) is 7.96. The van der Waals surface area contributed by atoms with Crippen LogP contribution in [0.3, 0.4) is 0 Å². The summed E-state index contributed by atoms with van der Waals surface area (Å²) in [6, 6.07) is 11.0. The summed E-state index contributed by atoms with van der Waals surface area (Å²) in [4.78, 5) is 8.75. The Morgan fingerprint density at radius 3 is 2.74 bits per heavy atom. The highest BCUT2D eigenvalue weighted by atomic mass is 19.1. The number of imidazole rings is 1. The molecule has 3 heterocycles. The van der Waals surface area contributed by atoms with Gasteiger partial charge in [-0.05, 0) is 36.2 Å². The number of pyridine rings is 1. The minimum atomic E-state index is -0.207. The molecule has 2 unspecified atom stereocenters. The molecule has 0 aliphatic carbocycles. The van der Waals surface area contributed by atoms with E-state index in [1.54, 1.807) is 6.20 Å². The number of aryl methyl sites for hydroxylation is 1. The van der Waals surface area contributed by atoms with Crippen LogP contribution in [-0.4, -0.2) is 27.6 Å². The molecule has 6 nitrogen and oxygen atoms in total. The monoisotopic (exact) mass is 366 g/mol. The summed E-state index contributed by atoms with van der Waals surface area (Å²) in [6.07, 6.45) is 5.57. The maximum atomic E-state index is 13.1. The lowest BCUT2D eigenvalue weighted by Crippen LogP contribution is -2.28. The third-order valence-electron chi connectivity index (χ3n) is 4.94. The van der Waals surface area contributed by atoms with Gasteiger partial charge in [-0.3, -0.25) is 9.99 Å². The highest BCUT2D eigenvalue weighted by Crippen LogP contribution is 2.24. The SMILES string of the molecule is Cc1nccn1-c1ccc(CNCC2CNNC2c2ccc(F)cc2)cn1. The fraction of sp³-hybridized carbons (Fsp3) is 0.300. The van der Waals surface area contributed by atoms with Gasteiger partial charge in [0.25, 0.3) is 0 Å². The van der Waals surface area contributed by atoms with E-state index in [4.69, 9.17) is 0 Å². The number of aromatic nitrogens is 3. The van der Waals surface area contributed by atoms with Crippen molar-refractivity contribution in [2.24, 2.45) is 5.92 Å². The summed E-state index contributed by atoms with van der Waals surface area (Å²) >= 11 is 0. The smallest absolute Gasteiger partial charge is 0.137 e. The molecule has 1 fully saturated rings. The van der Waals surface area contributed by atoms with Gasteiger partial charge in [0.1, 0.15) is 17.5 Å². The average Bonchev–Trinajstić information content (AvgIpc) is 3.32. The van der Waals surface area contributed by atoms with Gasteiger partial charge < -0.3 is 5.32 Å². The quantitative estimate of drug-likeness (QED) is 0.625. The fourth-order valence-corrected chi connectivity index (χ4v) is 3.44. The maximum absolute atomic E-state index is 13.1. The normalized spacial score (nSPS) is 19.5. The average molecular weight is 366 g/mol. The third kappa shape index (κ3) is 4.05. The van der Waals surface area contributed by atoms with Crippen molar-refractivity contribution in [3.05, 3.63) is 77.8 Å². The van der Waals surface area contributed by atoms with Crippen LogP contribution in [0, 0.1) is 18.7 Å². The first-order valence-corrected chi connectivity index (χ1v) is 9.10. The molecule has 0 bridgehead atoms. The molecule has 0 saturated carbocycles. The number of nitrogens with one attached hydrogen (secondary N) is 3. The molecule has 4 rings (SSSR count). The zero-order chi connectivity index (χ0) is 18.6. The number of hydrogen-bond acceptors (Lipinski definition) is 5. The molecule has 1 aliphatic rings. The van der Waals surface area contributed by atoms with Crippen molar-refractivity contribution in [1.82, 2.24) is 30.7 Å². The van der Waals surface area contributed by atoms with Crippen molar-refractivity contribution < 1.29 is 4.39 Å². The Morgan fingerprint density at radius 2 is 2.04 bits per heavy atom. The number of hydrogen-bond donors (Lipinski definition) is 3. The standard InChI is InChI=1S/C20H23FN6/c1-14-23-8-9-27(14)19-7-2-15(11-24-19)10-22-12-17-13-25-26-20(17)16-3-5-18(21)6-4-16/h2-9,11,17,20,22,25-26H,10,12-13H2,1H3. The van der Waals surface area contributed by atoms with E-state index in [9.17, 15) is 4.39 Å². The van der Waals surface area contributed by atoms with Gasteiger partial charge in [-0.25, -0.2) is 19.8 Å². The molecule has 2 atom stereocenters. The number of hydrazine groups is 1. The van der Waals surface area contributed by atoms with E-state index >= 15 is 0 Å². The van der Waals surface area contributed by atoms with Gasteiger partial charge in [0.15, 0.2) is 0 Å². The summed E-state index contributed by atoms with van der Waals surface area (Å²) in [5, 5.41) is 3.51. The van der Waals surface area contributed by atoms with Crippen LogP contribution in [0.15, 0.2) is 55.0 Å². The minimum absolute atomic E-state index is 0.169. The lowest BCUT2D eigenvalue weighted by Gasteiger charge is -2.19. The van der Waals surface area contributed by atoms with Crippen LogP contribution in [0.4, 0.5) is 4.39 Å². The molecule has 1 aliphatic heterocycles. The number of rotatable bonds is 6. The Labute approximate surface area is 157 Å². The lowest BCUT2D eigenvalue weighted by molar-refractivity contribution is 0.441. The third-order valence-corrected chi connectivity index (χ3v) is 4.94. The van der Waals surface area contributed by atoms with Crippen LogP contribution in [0.25, 0.3) is 5.82 Å². The van der Waals surface area contributed by atoms with Crippen molar-refractivity contribution >= 4 is 0 Å². The Kier molecular flexibility index (Phi) is 5.24.